The number of hydrogen-bond donors (Lipinski definition) is 7. The molecule has 4 unspecified atom stereocenters. The van der Waals surface area contributed by atoms with E-state index in [-0.39, 0.29) is 12.2 Å². The molecule has 0 saturated heterocycles. The molecule has 1 aromatic rings. The fraction of sp³-hybridized carbons (Fsp3) is 0.476. The van der Waals surface area contributed by atoms with E-state index in [1.165, 1.54) is 0 Å². The molecule has 0 radical (unpaired) electrons. The zero-order chi connectivity index (χ0) is 25.1. The Labute approximate surface area is 196 Å². The zero-order valence-electron chi connectivity index (χ0n) is 18.4. The number of nitrogens with one attached hydrogen (secondary N) is 3. The lowest BCUT2D eigenvalue weighted by Gasteiger charge is -2.26. The topological polar surface area (TPSA) is 188 Å². The summed E-state index contributed by atoms with van der Waals surface area (Å²) >= 11 is 3.92. The molecule has 0 spiro atoms. The molecular weight excluding hydrogens is 452 g/mol. The van der Waals surface area contributed by atoms with Crippen molar-refractivity contribution in [3.05, 3.63) is 35.9 Å². The van der Waals surface area contributed by atoms with E-state index in [2.05, 4.69) is 28.6 Å². The maximum Gasteiger partial charge on any atom is 0.327 e. The first-order valence-corrected chi connectivity index (χ1v) is 10.9. The van der Waals surface area contributed by atoms with Crippen molar-refractivity contribution in [1.29, 1.82) is 0 Å². The minimum absolute atomic E-state index is 0.0641. The number of carbonyl (C=O) groups excluding carboxylic acids is 3. The van der Waals surface area contributed by atoms with Crippen molar-refractivity contribution in [3.8, 4) is 0 Å². The zero-order valence-corrected chi connectivity index (χ0v) is 19.2. The van der Waals surface area contributed by atoms with Crippen molar-refractivity contribution in [2.45, 2.75) is 50.9 Å². The molecule has 0 saturated carbocycles. The van der Waals surface area contributed by atoms with Gasteiger partial charge < -0.3 is 31.9 Å². The average molecular weight is 483 g/mol. The van der Waals surface area contributed by atoms with Gasteiger partial charge in [-0.3, -0.25) is 19.2 Å². The second-order valence-corrected chi connectivity index (χ2v) is 8.13. The summed E-state index contributed by atoms with van der Waals surface area (Å²) in [6.07, 6.45) is -0.549. The fourth-order valence-electron chi connectivity index (χ4n) is 2.85. The molecule has 0 aromatic heterocycles. The van der Waals surface area contributed by atoms with Gasteiger partial charge in [0.2, 0.25) is 17.7 Å². The first-order valence-electron chi connectivity index (χ1n) is 10.2. The van der Waals surface area contributed by atoms with E-state index in [1.807, 2.05) is 0 Å². The van der Waals surface area contributed by atoms with Gasteiger partial charge in [0.05, 0.1) is 12.5 Å². The van der Waals surface area contributed by atoms with E-state index >= 15 is 0 Å². The summed E-state index contributed by atoms with van der Waals surface area (Å²) in [6, 6.07) is 3.90. The summed E-state index contributed by atoms with van der Waals surface area (Å²) in [7, 11) is 0. The first kappa shape index (κ1) is 27.9. The molecule has 1 rings (SSSR count). The van der Waals surface area contributed by atoms with Gasteiger partial charge in [-0.1, -0.05) is 44.2 Å². The molecule has 0 aliphatic heterocycles. The van der Waals surface area contributed by atoms with Crippen LogP contribution in [-0.2, 0) is 30.4 Å². The standard InChI is InChI=1S/C21H30N4O7S/c1-11(2)17(25-18(28)13(22)9-16(26)27)20(30)23-14(8-12-6-4-3-5-7-12)19(29)24-15(10-33)21(31)32/h3-7,11,13-15,17,33H,8-10,22H2,1-2H3,(H,23,30)(H,24,29)(H,25,28)(H,26,27)(H,31,32). The van der Waals surface area contributed by atoms with E-state index in [0.717, 1.165) is 0 Å². The van der Waals surface area contributed by atoms with Gasteiger partial charge in [0.1, 0.15) is 18.1 Å². The molecule has 0 heterocycles. The molecule has 7 N–H and O–H groups in total. The Morgan fingerprint density at radius 1 is 0.909 bits per heavy atom. The van der Waals surface area contributed by atoms with Crippen LogP contribution in [0.1, 0.15) is 25.8 Å². The molecule has 0 aliphatic rings. The molecular formula is C21H30N4O7S. The van der Waals surface area contributed by atoms with Gasteiger partial charge in [-0.2, -0.15) is 12.6 Å². The van der Waals surface area contributed by atoms with Crippen molar-refractivity contribution in [2.24, 2.45) is 11.7 Å². The van der Waals surface area contributed by atoms with Crippen LogP contribution >= 0.6 is 12.6 Å². The summed E-state index contributed by atoms with van der Waals surface area (Å²) in [6.45, 7) is 3.31. The third-order valence-corrected chi connectivity index (χ3v) is 5.06. The third-order valence-electron chi connectivity index (χ3n) is 4.69. The van der Waals surface area contributed by atoms with Crippen molar-refractivity contribution in [1.82, 2.24) is 16.0 Å². The Hall–Kier alpha value is -3.12. The Morgan fingerprint density at radius 3 is 1.97 bits per heavy atom. The molecule has 3 amide bonds. The number of benzene rings is 1. The number of aliphatic carboxylic acids is 2. The largest absolute Gasteiger partial charge is 0.481 e. The van der Waals surface area contributed by atoms with Crippen molar-refractivity contribution in [2.75, 3.05) is 5.75 Å². The van der Waals surface area contributed by atoms with Gasteiger partial charge >= 0.3 is 11.9 Å². The van der Waals surface area contributed by atoms with Crippen LogP contribution in [0.4, 0.5) is 0 Å². The van der Waals surface area contributed by atoms with Crippen molar-refractivity contribution >= 4 is 42.3 Å². The van der Waals surface area contributed by atoms with Crippen LogP contribution < -0.4 is 21.7 Å². The Kier molecular flexibility index (Phi) is 11.4. The summed E-state index contributed by atoms with van der Waals surface area (Å²) in [5.74, 6) is -5.37. The van der Waals surface area contributed by atoms with Crippen LogP contribution in [-0.4, -0.2) is 69.8 Å². The highest BCUT2D eigenvalue weighted by atomic mass is 32.1. The maximum absolute atomic E-state index is 13.0. The third kappa shape index (κ3) is 9.49. The highest BCUT2D eigenvalue weighted by Gasteiger charge is 2.31. The predicted molar refractivity (Wildman–Crippen MR) is 122 cm³/mol. The predicted octanol–water partition coefficient (Wildman–Crippen LogP) is -0.844. The summed E-state index contributed by atoms with van der Waals surface area (Å²) in [5.41, 5.74) is 6.28. The summed E-state index contributed by atoms with van der Waals surface area (Å²) < 4.78 is 0. The first-order chi connectivity index (χ1) is 15.5. The van der Waals surface area contributed by atoms with Crippen LogP contribution in [0.2, 0.25) is 0 Å². The normalized spacial score (nSPS) is 14.5. The summed E-state index contributed by atoms with van der Waals surface area (Å²) in [4.78, 5) is 60.1. The van der Waals surface area contributed by atoms with E-state index in [9.17, 15) is 29.1 Å². The number of carboxylic acid groups (broad SMARTS) is 2. The average Bonchev–Trinajstić information content (AvgIpc) is 2.74. The van der Waals surface area contributed by atoms with Crippen LogP contribution in [0, 0.1) is 5.92 Å². The Bertz CT molecular complexity index is 850. The van der Waals surface area contributed by atoms with E-state index in [0.29, 0.717) is 5.56 Å². The number of carboxylic acids is 2. The van der Waals surface area contributed by atoms with Gasteiger partial charge in [0.15, 0.2) is 0 Å². The number of thiol groups is 1. The van der Waals surface area contributed by atoms with Gasteiger partial charge in [0, 0.05) is 12.2 Å². The molecule has 1 aromatic carbocycles. The lowest BCUT2D eigenvalue weighted by Crippen LogP contribution is -2.59. The monoisotopic (exact) mass is 482 g/mol. The Balaban J connectivity index is 3.04. The molecule has 0 fully saturated rings. The molecule has 4 atom stereocenters. The molecule has 0 aliphatic carbocycles. The second kappa shape index (κ2) is 13.4. The lowest BCUT2D eigenvalue weighted by molar-refractivity contribution is -0.141. The number of rotatable bonds is 13. The van der Waals surface area contributed by atoms with E-state index < -0.39 is 66.2 Å². The number of carbonyl (C=O) groups is 5. The minimum Gasteiger partial charge on any atom is -0.481 e. The number of nitrogens with two attached hydrogens (primary N) is 1. The number of hydrogen-bond acceptors (Lipinski definition) is 7. The smallest absolute Gasteiger partial charge is 0.327 e. The van der Waals surface area contributed by atoms with Crippen LogP contribution in [0.15, 0.2) is 30.3 Å². The van der Waals surface area contributed by atoms with E-state index in [1.54, 1.807) is 44.2 Å². The minimum atomic E-state index is -1.35. The Morgan fingerprint density at radius 2 is 1.48 bits per heavy atom. The highest BCUT2D eigenvalue weighted by Crippen LogP contribution is 2.08. The fourth-order valence-corrected chi connectivity index (χ4v) is 3.10. The van der Waals surface area contributed by atoms with Crippen LogP contribution in [0.5, 0.6) is 0 Å². The van der Waals surface area contributed by atoms with Crippen LogP contribution in [0.25, 0.3) is 0 Å². The SMILES string of the molecule is CC(C)C(NC(=O)C(N)CC(=O)O)C(=O)NC(Cc1ccccc1)C(=O)NC(CS)C(=O)O. The number of amides is 3. The van der Waals surface area contributed by atoms with Gasteiger partial charge in [-0.05, 0) is 11.5 Å². The quantitative estimate of drug-likeness (QED) is 0.177. The highest BCUT2D eigenvalue weighted by molar-refractivity contribution is 7.80. The molecule has 0 bridgehead atoms. The molecule has 33 heavy (non-hydrogen) atoms. The summed E-state index contributed by atoms with van der Waals surface area (Å²) in [5, 5.41) is 25.3. The van der Waals surface area contributed by atoms with Crippen molar-refractivity contribution < 1.29 is 34.2 Å². The van der Waals surface area contributed by atoms with E-state index in [4.69, 9.17) is 10.8 Å². The molecule has 182 valence electrons. The van der Waals surface area contributed by atoms with Crippen LogP contribution in [0.3, 0.4) is 0 Å². The second-order valence-electron chi connectivity index (χ2n) is 7.77. The maximum atomic E-state index is 13.0. The molecule has 11 nitrogen and oxygen atoms in total. The lowest BCUT2D eigenvalue weighted by atomic mass is 10.00. The molecule has 12 heteroatoms. The van der Waals surface area contributed by atoms with Gasteiger partial charge in [-0.25, -0.2) is 4.79 Å². The van der Waals surface area contributed by atoms with Gasteiger partial charge in [0.25, 0.3) is 0 Å². The van der Waals surface area contributed by atoms with Crippen molar-refractivity contribution in [3.63, 3.8) is 0 Å². The van der Waals surface area contributed by atoms with Gasteiger partial charge in [-0.15, -0.1) is 0 Å².